The summed E-state index contributed by atoms with van der Waals surface area (Å²) in [5.74, 6) is -6.06. The fourth-order valence-corrected chi connectivity index (χ4v) is 5.74. The van der Waals surface area contributed by atoms with E-state index < -0.39 is 51.7 Å². The van der Waals surface area contributed by atoms with Gasteiger partial charge >= 0.3 is 33.4 Å². The molecule has 2 aromatic rings. The van der Waals surface area contributed by atoms with Crippen molar-refractivity contribution in [3.8, 4) is 0 Å². The summed E-state index contributed by atoms with van der Waals surface area (Å²) in [7, 11) is -3.63. The summed E-state index contributed by atoms with van der Waals surface area (Å²) in [6, 6.07) is 9.64. The summed E-state index contributed by atoms with van der Waals surface area (Å²) in [4.78, 5) is 42.4. The summed E-state index contributed by atoms with van der Waals surface area (Å²) in [6.07, 6.45) is -1.16. The number of sulfonamides is 1. The number of alkyl halides is 3. The number of ether oxygens (including phenoxy) is 2. The number of carboxylic acid groups (broad SMARTS) is 1. The van der Waals surface area contributed by atoms with E-state index in [-0.39, 0.29) is 56.7 Å². The summed E-state index contributed by atoms with van der Waals surface area (Å²) >= 11 is 12.9. The third-order valence-corrected chi connectivity index (χ3v) is 8.05. The number of nitrogens with one attached hydrogen (secondary N) is 1. The Bertz CT molecular complexity index is 1560. The normalized spacial score (nSPS) is 17.4. The van der Waals surface area contributed by atoms with Crippen LogP contribution in [0.2, 0.25) is 10.0 Å². The van der Waals surface area contributed by atoms with Crippen LogP contribution in [0.4, 0.5) is 18.9 Å². The molecule has 0 radical (unpaired) electrons. The molecular formula is C26H23Cl2F3N2O8S. The van der Waals surface area contributed by atoms with Gasteiger partial charge in [0.1, 0.15) is 5.92 Å². The Hall–Kier alpha value is -3.62. The second-order valence-electron chi connectivity index (χ2n) is 8.85. The van der Waals surface area contributed by atoms with Crippen LogP contribution in [0.1, 0.15) is 29.9 Å². The molecule has 0 amide bonds. The van der Waals surface area contributed by atoms with Crippen molar-refractivity contribution >= 4 is 62.5 Å². The predicted octanol–water partition coefficient (Wildman–Crippen LogP) is 5.12. The zero-order chi connectivity index (χ0) is 31.4. The van der Waals surface area contributed by atoms with Gasteiger partial charge in [0.15, 0.2) is 0 Å². The number of aliphatic imine (C=N–C) groups is 1. The van der Waals surface area contributed by atoms with Crippen molar-refractivity contribution in [2.75, 3.05) is 18.9 Å². The van der Waals surface area contributed by atoms with Crippen molar-refractivity contribution in [1.29, 1.82) is 0 Å². The number of carbonyl (C=O) groups is 3. The molecule has 16 heteroatoms. The lowest BCUT2D eigenvalue weighted by Crippen LogP contribution is -2.38. The Balaban J connectivity index is 2.23. The molecule has 0 aromatic heterocycles. The molecule has 0 aliphatic carbocycles. The van der Waals surface area contributed by atoms with Crippen LogP contribution in [0.5, 0.6) is 0 Å². The Labute approximate surface area is 248 Å². The molecule has 1 heterocycles. The van der Waals surface area contributed by atoms with E-state index in [9.17, 15) is 41.1 Å². The van der Waals surface area contributed by atoms with Crippen molar-refractivity contribution in [3.05, 3.63) is 74.9 Å². The van der Waals surface area contributed by atoms with Gasteiger partial charge in [-0.25, -0.2) is 4.79 Å². The number of anilines is 1. The average molecular weight is 651 g/mol. The van der Waals surface area contributed by atoms with Crippen molar-refractivity contribution in [3.63, 3.8) is 0 Å². The maximum atomic E-state index is 13.2. The third-order valence-electron chi connectivity index (χ3n) is 6.29. The Kier molecular flexibility index (Phi) is 10.3. The average Bonchev–Trinajstić information content (AvgIpc) is 2.90. The number of carbonyl (C=O) groups excluding carboxylic acids is 2. The van der Waals surface area contributed by atoms with Crippen LogP contribution < -0.4 is 4.72 Å². The highest BCUT2D eigenvalue weighted by atomic mass is 35.5. The Morgan fingerprint density at radius 1 is 1.00 bits per heavy atom. The highest BCUT2D eigenvalue weighted by molar-refractivity contribution is 7.93. The first-order valence-electron chi connectivity index (χ1n) is 11.9. The number of aliphatic carboxylic acids is 1. The number of carboxylic acids is 1. The van der Waals surface area contributed by atoms with Crippen molar-refractivity contribution < 1.29 is 50.6 Å². The Morgan fingerprint density at radius 3 is 2.17 bits per heavy atom. The minimum atomic E-state index is -5.75. The number of methoxy groups -OCH3 is 2. The van der Waals surface area contributed by atoms with E-state index in [2.05, 4.69) is 4.99 Å². The summed E-state index contributed by atoms with van der Waals surface area (Å²) in [6.45, 7) is 0. The van der Waals surface area contributed by atoms with E-state index in [1.807, 2.05) is 0 Å². The standard InChI is InChI=1S/C26H23Cl2F3N2O8S/c1-40-24(36)21-17(11-10-13-6-3-4-9-16(13)33-42(38,39)26(29,30)31)32-18(12-19(34)35)22(25(37)41-2)23(21)20-14(27)7-5-8-15(20)28/h3-9,22-23,33H,10-12H2,1-2H3,(H,34,35). The molecule has 2 N–H and O–H groups in total. The number of halogens is 5. The van der Waals surface area contributed by atoms with E-state index >= 15 is 0 Å². The van der Waals surface area contributed by atoms with E-state index in [1.165, 1.54) is 41.1 Å². The minimum absolute atomic E-state index is 0.0330. The lowest BCUT2D eigenvalue weighted by atomic mass is 9.74. The molecule has 0 spiro atoms. The number of allylic oxidation sites excluding steroid dienone is 1. The second-order valence-corrected chi connectivity index (χ2v) is 11.3. The van der Waals surface area contributed by atoms with Gasteiger partial charge in [-0.2, -0.15) is 21.6 Å². The molecule has 2 atom stereocenters. The molecular weight excluding hydrogens is 628 g/mol. The molecule has 226 valence electrons. The van der Waals surface area contributed by atoms with Gasteiger partial charge in [0.25, 0.3) is 0 Å². The molecule has 10 nitrogen and oxygen atoms in total. The first-order valence-corrected chi connectivity index (χ1v) is 14.2. The number of esters is 2. The molecule has 42 heavy (non-hydrogen) atoms. The van der Waals surface area contributed by atoms with Gasteiger partial charge in [0.05, 0.1) is 37.6 Å². The third kappa shape index (κ3) is 7.05. The quantitative estimate of drug-likeness (QED) is 0.337. The molecule has 0 saturated heterocycles. The van der Waals surface area contributed by atoms with Gasteiger partial charge < -0.3 is 14.6 Å². The maximum Gasteiger partial charge on any atom is 0.516 e. The first-order chi connectivity index (χ1) is 19.6. The van der Waals surface area contributed by atoms with Gasteiger partial charge in [0, 0.05) is 21.7 Å². The highest BCUT2D eigenvalue weighted by Crippen LogP contribution is 2.46. The van der Waals surface area contributed by atoms with Crippen LogP contribution in [0.15, 0.2) is 58.7 Å². The van der Waals surface area contributed by atoms with Crippen molar-refractivity contribution in [2.45, 2.75) is 30.7 Å². The number of benzene rings is 2. The Morgan fingerprint density at radius 2 is 1.62 bits per heavy atom. The second kappa shape index (κ2) is 13.1. The summed E-state index contributed by atoms with van der Waals surface area (Å²) in [5, 5.41) is 9.65. The van der Waals surface area contributed by atoms with Gasteiger partial charge in [-0.05, 0) is 42.2 Å². The number of nitrogens with zero attached hydrogens (tertiary/aromatic N) is 1. The fraction of sp³-hybridized carbons (Fsp3) is 0.308. The molecule has 0 bridgehead atoms. The number of hydrogen-bond acceptors (Lipinski definition) is 8. The van der Waals surface area contributed by atoms with Crippen LogP contribution in [0.3, 0.4) is 0 Å². The van der Waals surface area contributed by atoms with E-state index in [0.717, 1.165) is 20.3 Å². The molecule has 2 aromatic carbocycles. The number of rotatable bonds is 10. The SMILES string of the molecule is COC(=O)C1=C(CCc2ccccc2NS(=O)(=O)C(F)(F)F)N=C(CC(=O)O)C(C(=O)OC)C1c1c(Cl)cccc1Cl. The van der Waals surface area contributed by atoms with Crippen LogP contribution >= 0.6 is 23.2 Å². The molecule has 0 fully saturated rings. The molecule has 0 saturated carbocycles. The maximum absolute atomic E-state index is 13.2. The lowest BCUT2D eigenvalue weighted by molar-refractivity contribution is -0.143. The number of hydrogen-bond donors (Lipinski definition) is 2. The molecule has 2 unspecified atom stereocenters. The molecule has 3 rings (SSSR count). The van der Waals surface area contributed by atoms with E-state index in [0.29, 0.717) is 0 Å². The monoisotopic (exact) mass is 650 g/mol. The first kappa shape index (κ1) is 32.9. The largest absolute Gasteiger partial charge is 0.516 e. The van der Waals surface area contributed by atoms with Crippen LogP contribution in [-0.4, -0.2) is 56.9 Å². The van der Waals surface area contributed by atoms with Crippen LogP contribution in [0.25, 0.3) is 0 Å². The van der Waals surface area contributed by atoms with E-state index in [4.69, 9.17) is 32.7 Å². The zero-order valence-electron chi connectivity index (χ0n) is 21.9. The van der Waals surface area contributed by atoms with Gasteiger partial charge in [-0.3, -0.25) is 19.3 Å². The van der Waals surface area contributed by atoms with Crippen LogP contribution in [-0.2, 0) is 40.3 Å². The minimum Gasteiger partial charge on any atom is -0.481 e. The van der Waals surface area contributed by atoms with Gasteiger partial charge in [-0.1, -0.05) is 47.5 Å². The van der Waals surface area contributed by atoms with Gasteiger partial charge in [-0.15, -0.1) is 0 Å². The highest BCUT2D eigenvalue weighted by Gasteiger charge is 2.47. The van der Waals surface area contributed by atoms with Crippen molar-refractivity contribution in [2.24, 2.45) is 10.9 Å². The fourth-order valence-electron chi connectivity index (χ4n) is 4.50. The van der Waals surface area contributed by atoms with Crippen LogP contribution in [0, 0.1) is 5.92 Å². The summed E-state index contributed by atoms with van der Waals surface area (Å²) in [5.41, 5.74) is -6.27. The lowest BCUT2D eigenvalue weighted by Gasteiger charge is -2.33. The smallest absolute Gasteiger partial charge is 0.481 e. The zero-order valence-corrected chi connectivity index (χ0v) is 24.2. The number of para-hydroxylation sites is 1. The molecule has 1 aliphatic heterocycles. The predicted molar refractivity (Wildman–Crippen MR) is 147 cm³/mol. The molecule has 1 aliphatic rings. The van der Waals surface area contributed by atoms with Crippen molar-refractivity contribution in [1.82, 2.24) is 0 Å². The van der Waals surface area contributed by atoms with Gasteiger partial charge in [0.2, 0.25) is 0 Å². The number of aryl methyl sites for hydroxylation is 1. The topological polar surface area (TPSA) is 148 Å². The summed E-state index contributed by atoms with van der Waals surface area (Å²) < 4.78 is 73.9. The van der Waals surface area contributed by atoms with E-state index in [1.54, 1.807) is 0 Å².